The van der Waals surface area contributed by atoms with Gasteiger partial charge in [0.2, 0.25) is 5.91 Å². The van der Waals surface area contributed by atoms with Gasteiger partial charge in [0.05, 0.1) is 6.61 Å². The second-order valence-corrected chi connectivity index (χ2v) is 3.02. The van der Waals surface area contributed by atoms with E-state index in [-0.39, 0.29) is 6.61 Å². The molecule has 0 saturated heterocycles. The van der Waals surface area contributed by atoms with Crippen molar-refractivity contribution < 1.29 is 9.53 Å². The van der Waals surface area contributed by atoms with Crippen molar-refractivity contribution in [1.29, 1.82) is 0 Å². The first-order valence-corrected chi connectivity index (χ1v) is 4.17. The summed E-state index contributed by atoms with van der Waals surface area (Å²) in [7, 11) is 0. The molecule has 0 bridgehead atoms. The molecule has 70 valence electrons. The van der Waals surface area contributed by atoms with Crippen LogP contribution in [0.4, 0.5) is 0 Å². The highest BCUT2D eigenvalue weighted by Crippen LogP contribution is 2.09. The van der Waals surface area contributed by atoms with Gasteiger partial charge < -0.3 is 10.5 Å². The van der Waals surface area contributed by atoms with Gasteiger partial charge in [-0.1, -0.05) is 23.7 Å². The van der Waals surface area contributed by atoms with E-state index in [2.05, 4.69) is 0 Å². The van der Waals surface area contributed by atoms with E-state index >= 15 is 0 Å². The van der Waals surface area contributed by atoms with Gasteiger partial charge in [0.25, 0.3) is 0 Å². The lowest BCUT2D eigenvalue weighted by atomic mass is 10.2. The van der Waals surface area contributed by atoms with Crippen molar-refractivity contribution in [3.8, 4) is 0 Å². The van der Waals surface area contributed by atoms with Crippen molar-refractivity contribution in [1.82, 2.24) is 0 Å². The van der Waals surface area contributed by atoms with Crippen LogP contribution >= 0.6 is 11.6 Å². The van der Waals surface area contributed by atoms with Gasteiger partial charge in [-0.05, 0) is 17.7 Å². The van der Waals surface area contributed by atoms with E-state index in [0.717, 1.165) is 5.56 Å². The predicted octanol–water partition coefficient (Wildman–Crippen LogP) is 1.34. The summed E-state index contributed by atoms with van der Waals surface area (Å²) in [5, 5.41) is 0.679. The van der Waals surface area contributed by atoms with Gasteiger partial charge in [-0.25, -0.2) is 0 Å². The first kappa shape index (κ1) is 10.0. The Hall–Kier alpha value is -1.06. The van der Waals surface area contributed by atoms with Gasteiger partial charge in [0.1, 0.15) is 6.61 Å². The average molecular weight is 200 g/mol. The normalized spacial score (nSPS) is 9.92. The maximum absolute atomic E-state index is 10.3. The zero-order chi connectivity index (χ0) is 9.68. The first-order valence-electron chi connectivity index (χ1n) is 3.79. The molecule has 0 saturated carbocycles. The molecule has 1 rings (SSSR count). The molecule has 0 aromatic heterocycles. The Balaban J connectivity index is 2.37. The number of ether oxygens (including phenoxy) is 1. The monoisotopic (exact) mass is 199 g/mol. The van der Waals surface area contributed by atoms with E-state index in [4.69, 9.17) is 22.1 Å². The molecule has 1 aromatic rings. The van der Waals surface area contributed by atoms with E-state index < -0.39 is 5.91 Å². The third-order valence-corrected chi connectivity index (χ3v) is 1.68. The van der Waals surface area contributed by atoms with Crippen LogP contribution in [0.2, 0.25) is 5.02 Å². The van der Waals surface area contributed by atoms with E-state index in [1.807, 2.05) is 12.1 Å². The Labute approximate surface area is 81.4 Å². The van der Waals surface area contributed by atoms with Gasteiger partial charge in [0.15, 0.2) is 0 Å². The van der Waals surface area contributed by atoms with E-state index in [1.54, 1.807) is 12.1 Å². The summed E-state index contributed by atoms with van der Waals surface area (Å²) < 4.78 is 5.00. The van der Waals surface area contributed by atoms with Crippen LogP contribution in [0.15, 0.2) is 24.3 Å². The van der Waals surface area contributed by atoms with E-state index in [9.17, 15) is 4.79 Å². The second-order valence-electron chi connectivity index (χ2n) is 2.59. The lowest BCUT2D eigenvalue weighted by Gasteiger charge is -2.01. The maximum Gasteiger partial charge on any atom is 0.243 e. The highest BCUT2D eigenvalue weighted by molar-refractivity contribution is 6.30. The Morgan fingerprint density at radius 2 is 2.00 bits per heavy atom. The molecule has 0 unspecified atom stereocenters. The number of rotatable bonds is 4. The van der Waals surface area contributed by atoms with E-state index in [0.29, 0.717) is 11.6 Å². The molecule has 2 N–H and O–H groups in total. The van der Waals surface area contributed by atoms with Gasteiger partial charge in [-0.15, -0.1) is 0 Å². The number of amides is 1. The van der Waals surface area contributed by atoms with Crippen LogP contribution in [-0.2, 0) is 16.1 Å². The van der Waals surface area contributed by atoms with Crippen LogP contribution in [0.3, 0.4) is 0 Å². The number of carbonyl (C=O) groups is 1. The largest absolute Gasteiger partial charge is 0.368 e. The minimum Gasteiger partial charge on any atom is -0.368 e. The lowest BCUT2D eigenvalue weighted by Crippen LogP contribution is -2.17. The molecular formula is C9H10ClNO2. The van der Waals surface area contributed by atoms with Gasteiger partial charge in [-0.2, -0.15) is 0 Å². The van der Waals surface area contributed by atoms with Crippen LogP contribution in [-0.4, -0.2) is 12.5 Å². The molecule has 0 atom stereocenters. The molecule has 0 heterocycles. The van der Waals surface area contributed by atoms with Gasteiger partial charge in [0, 0.05) is 5.02 Å². The van der Waals surface area contributed by atoms with Crippen molar-refractivity contribution >= 4 is 17.5 Å². The third-order valence-electron chi connectivity index (χ3n) is 1.43. The highest BCUT2D eigenvalue weighted by Gasteiger charge is 1.95. The van der Waals surface area contributed by atoms with Crippen LogP contribution < -0.4 is 5.73 Å². The number of halogens is 1. The highest BCUT2D eigenvalue weighted by atomic mass is 35.5. The molecule has 0 spiro atoms. The molecular weight excluding hydrogens is 190 g/mol. The number of nitrogens with two attached hydrogens (primary N) is 1. The predicted molar refractivity (Wildman–Crippen MR) is 50.3 cm³/mol. The summed E-state index contributed by atoms with van der Waals surface area (Å²) >= 11 is 5.68. The minimum atomic E-state index is -0.464. The van der Waals surface area contributed by atoms with Crippen LogP contribution in [0.1, 0.15) is 5.56 Å². The molecule has 3 nitrogen and oxygen atoms in total. The number of benzene rings is 1. The van der Waals surface area contributed by atoms with Crippen LogP contribution in [0.5, 0.6) is 0 Å². The Morgan fingerprint density at radius 3 is 2.54 bits per heavy atom. The topological polar surface area (TPSA) is 52.3 Å². The Bertz CT molecular complexity index is 284. The Kier molecular flexibility index (Phi) is 3.73. The molecule has 0 radical (unpaired) electrons. The number of primary amides is 1. The quantitative estimate of drug-likeness (QED) is 0.796. The fourth-order valence-corrected chi connectivity index (χ4v) is 0.976. The fourth-order valence-electron chi connectivity index (χ4n) is 0.850. The molecule has 13 heavy (non-hydrogen) atoms. The van der Waals surface area contributed by atoms with Crippen molar-refractivity contribution in [2.75, 3.05) is 6.61 Å². The molecule has 0 aliphatic carbocycles. The smallest absolute Gasteiger partial charge is 0.243 e. The lowest BCUT2D eigenvalue weighted by molar-refractivity contribution is -0.122. The second kappa shape index (κ2) is 4.84. The van der Waals surface area contributed by atoms with Crippen molar-refractivity contribution in [3.05, 3.63) is 34.9 Å². The molecule has 1 amide bonds. The zero-order valence-electron chi connectivity index (χ0n) is 7.00. The van der Waals surface area contributed by atoms with Crippen molar-refractivity contribution in [3.63, 3.8) is 0 Å². The van der Waals surface area contributed by atoms with Crippen molar-refractivity contribution in [2.24, 2.45) is 5.73 Å². The molecule has 0 aliphatic heterocycles. The fraction of sp³-hybridized carbons (Fsp3) is 0.222. The summed E-state index contributed by atoms with van der Waals surface area (Å²) in [6, 6.07) is 7.21. The number of hydrogen-bond acceptors (Lipinski definition) is 2. The Morgan fingerprint density at radius 1 is 1.38 bits per heavy atom. The summed E-state index contributed by atoms with van der Waals surface area (Å²) in [6.45, 7) is 0.322. The molecule has 1 aromatic carbocycles. The summed E-state index contributed by atoms with van der Waals surface area (Å²) in [5.74, 6) is -0.464. The number of hydrogen-bond donors (Lipinski definition) is 1. The first-order chi connectivity index (χ1) is 6.18. The minimum absolute atomic E-state index is 0.0529. The van der Waals surface area contributed by atoms with Gasteiger partial charge in [-0.3, -0.25) is 4.79 Å². The zero-order valence-corrected chi connectivity index (χ0v) is 7.75. The van der Waals surface area contributed by atoms with Crippen LogP contribution in [0.25, 0.3) is 0 Å². The SMILES string of the molecule is NC(=O)COCc1ccc(Cl)cc1. The number of carbonyl (C=O) groups excluding carboxylic acids is 1. The third kappa shape index (κ3) is 3.92. The summed E-state index contributed by atoms with van der Waals surface area (Å²) in [6.07, 6.45) is 0. The van der Waals surface area contributed by atoms with Gasteiger partial charge >= 0.3 is 0 Å². The molecule has 0 fully saturated rings. The summed E-state index contributed by atoms with van der Waals surface area (Å²) in [4.78, 5) is 10.3. The molecule has 0 aliphatic rings. The van der Waals surface area contributed by atoms with Crippen LogP contribution in [0, 0.1) is 0 Å². The van der Waals surface area contributed by atoms with E-state index in [1.165, 1.54) is 0 Å². The maximum atomic E-state index is 10.3. The average Bonchev–Trinajstić information content (AvgIpc) is 2.08. The molecule has 4 heteroatoms. The standard InChI is InChI=1S/C9H10ClNO2/c10-8-3-1-7(2-4-8)5-13-6-9(11)12/h1-4H,5-6H2,(H2,11,12). The summed E-state index contributed by atoms with van der Waals surface area (Å²) in [5.41, 5.74) is 5.86. The van der Waals surface area contributed by atoms with Crippen molar-refractivity contribution in [2.45, 2.75) is 6.61 Å².